The van der Waals surface area contributed by atoms with Gasteiger partial charge in [0.2, 0.25) is 0 Å². The lowest BCUT2D eigenvalue weighted by atomic mass is 10.0. The van der Waals surface area contributed by atoms with E-state index in [1.807, 2.05) is 24.3 Å². The summed E-state index contributed by atoms with van der Waals surface area (Å²) >= 11 is 2.27. The molecule has 0 radical (unpaired) electrons. The average molecular weight is 384 g/mol. The molecule has 2 saturated heterocycles. The molecule has 0 aliphatic carbocycles. The van der Waals surface area contributed by atoms with Gasteiger partial charge in [0.1, 0.15) is 0 Å². The predicted octanol–water partition coefficient (Wildman–Crippen LogP) is 2.99. The van der Waals surface area contributed by atoms with Crippen LogP contribution in [-0.2, 0) is 0 Å². The van der Waals surface area contributed by atoms with Crippen LogP contribution in [0.15, 0.2) is 24.3 Å². The Labute approximate surface area is 134 Å². The minimum Gasteiger partial charge on any atom is -0.337 e. The Morgan fingerprint density at radius 1 is 1.15 bits per heavy atom. The lowest BCUT2D eigenvalue weighted by Gasteiger charge is -2.37. The van der Waals surface area contributed by atoms with E-state index in [9.17, 15) is 4.79 Å². The third-order valence-electron chi connectivity index (χ3n) is 4.41. The van der Waals surface area contributed by atoms with E-state index in [-0.39, 0.29) is 5.91 Å². The highest BCUT2D eigenvalue weighted by molar-refractivity contribution is 14.1. The van der Waals surface area contributed by atoms with Crippen molar-refractivity contribution in [3.8, 4) is 0 Å². The van der Waals surface area contributed by atoms with Gasteiger partial charge in [0.25, 0.3) is 5.91 Å². The van der Waals surface area contributed by atoms with Gasteiger partial charge in [-0.15, -0.1) is 0 Å². The van der Waals surface area contributed by atoms with E-state index < -0.39 is 0 Å². The van der Waals surface area contributed by atoms with Crippen molar-refractivity contribution in [2.75, 3.05) is 26.2 Å². The second-order valence-corrected chi connectivity index (χ2v) is 7.05. The zero-order chi connectivity index (χ0) is 13.9. The average Bonchev–Trinajstić information content (AvgIpc) is 3.01. The Morgan fingerprint density at radius 2 is 1.95 bits per heavy atom. The van der Waals surface area contributed by atoms with E-state index in [0.29, 0.717) is 6.04 Å². The van der Waals surface area contributed by atoms with Crippen molar-refractivity contribution in [3.63, 3.8) is 0 Å². The molecule has 108 valence electrons. The Balaban J connectivity index is 1.68. The Hall–Kier alpha value is -0.620. The van der Waals surface area contributed by atoms with Gasteiger partial charge in [-0.2, -0.15) is 0 Å². The fourth-order valence-electron chi connectivity index (χ4n) is 3.35. The Bertz CT molecular complexity index is 485. The molecule has 0 bridgehead atoms. The highest BCUT2D eigenvalue weighted by Crippen LogP contribution is 2.22. The minimum atomic E-state index is 0.201. The third-order valence-corrected chi connectivity index (χ3v) is 5.08. The second-order valence-electron chi connectivity index (χ2n) is 5.80. The first-order chi connectivity index (χ1) is 9.74. The van der Waals surface area contributed by atoms with Gasteiger partial charge >= 0.3 is 0 Å². The normalized spacial score (nSPS) is 24.1. The molecule has 0 N–H and O–H groups in total. The summed E-state index contributed by atoms with van der Waals surface area (Å²) in [6.45, 7) is 4.25. The van der Waals surface area contributed by atoms with Crippen LogP contribution in [0.25, 0.3) is 0 Å². The van der Waals surface area contributed by atoms with Gasteiger partial charge in [0, 0.05) is 28.3 Å². The molecular weight excluding hydrogens is 363 g/mol. The summed E-state index contributed by atoms with van der Waals surface area (Å²) in [7, 11) is 0. The van der Waals surface area contributed by atoms with E-state index in [1.54, 1.807) is 0 Å². The van der Waals surface area contributed by atoms with Crippen molar-refractivity contribution in [2.45, 2.75) is 31.7 Å². The SMILES string of the molecule is O=C(c1cccc(I)c1)N1CCCC(N2CCCC2)C1. The molecule has 0 saturated carbocycles. The summed E-state index contributed by atoms with van der Waals surface area (Å²) in [5.74, 6) is 0.201. The van der Waals surface area contributed by atoms with Crippen molar-refractivity contribution in [1.82, 2.24) is 9.80 Å². The monoisotopic (exact) mass is 384 g/mol. The van der Waals surface area contributed by atoms with Gasteiger partial charge in [-0.05, 0) is 79.6 Å². The number of halogens is 1. The van der Waals surface area contributed by atoms with Crippen molar-refractivity contribution in [3.05, 3.63) is 33.4 Å². The summed E-state index contributed by atoms with van der Waals surface area (Å²) in [4.78, 5) is 17.2. The number of amides is 1. The van der Waals surface area contributed by atoms with Crippen LogP contribution in [0.1, 0.15) is 36.0 Å². The van der Waals surface area contributed by atoms with Crippen LogP contribution in [0, 0.1) is 3.57 Å². The van der Waals surface area contributed by atoms with E-state index in [2.05, 4.69) is 32.4 Å². The van der Waals surface area contributed by atoms with Crippen LogP contribution in [0.2, 0.25) is 0 Å². The van der Waals surface area contributed by atoms with E-state index in [1.165, 1.54) is 32.4 Å². The molecule has 1 atom stereocenters. The molecule has 2 fully saturated rings. The number of rotatable bonds is 2. The number of hydrogen-bond acceptors (Lipinski definition) is 2. The van der Waals surface area contributed by atoms with Crippen LogP contribution in [0.5, 0.6) is 0 Å². The predicted molar refractivity (Wildman–Crippen MR) is 88.9 cm³/mol. The number of carbonyl (C=O) groups is 1. The maximum atomic E-state index is 12.6. The van der Waals surface area contributed by atoms with Crippen molar-refractivity contribution in [2.24, 2.45) is 0 Å². The minimum absolute atomic E-state index is 0.201. The van der Waals surface area contributed by atoms with Crippen LogP contribution in [0.3, 0.4) is 0 Å². The molecular formula is C16H21IN2O. The van der Waals surface area contributed by atoms with Crippen LogP contribution >= 0.6 is 22.6 Å². The molecule has 0 aromatic heterocycles. The molecule has 3 nitrogen and oxygen atoms in total. The maximum Gasteiger partial charge on any atom is 0.253 e. The van der Waals surface area contributed by atoms with Gasteiger partial charge in [-0.1, -0.05) is 6.07 Å². The first-order valence-electron chi connectivity index (χ1n) is 7.53. The summed E-state index contributed by atoms with van der Waals surface area (Å²) in [5, 5.41) is 0. The quantitative estimate of drug-likeness (QED) is 0.732. The molecule has 2 aliphatic rings. The van der Waals surface area contributed by atoms with Gasteiger partial charge < -0.3 is 4.90 Å². The molecule has 1 aromatic carbocycles. The molecule has 1 unspecified atom stereocenters. The lowest BCUT2D eigenvalue weighted by Crippen LogP contribution is -2.49. The zero-order valence-corrected chi connectivity index (χ0v) is 13.9. The molecule has 2 heterocycles. The number of piperidine rings is 1. The molecule has 2 aliphatic heterocycles. The largest absolute Gasteiger partial charge is 0.337 e. The van der Waals surface area contributed by atoms with Crippen LogP contribution in [0.4, 0.5) is 0 Å². The van der Waals surface area contributed by atoms with Crippen LogP contribution in [-0.4, -0.2) is 47.9 Å². The highest BCUT2D eigenvalue weighted by Gasteiger charge is 2.29. The number of benzene rings is 1. The number of carbonyl (C=O) groups excluding carboxylic acids is 1. The van der Waals surface area contributed by atoms with E-state index in [0.717, 1.165) is 28.6 Å². The second kappa shape index (κ2) is 6.43. The van der Waals surface area contributed by atoms with Crippen molar-refractivity contribution in [1.29, 1.82) is 0 Å². The van der Waals surface area contributed by atoms with Crippen molar-refractivity contribution >= 4 is 28.5 Å². The first kappa shape index (κ1) is 14.3. The smallest absolute Gasteiger partial charge is 0.253 e. The lowest BCUT2D eigenvalue weighted by molar-refractivity contribution is 0.0608. The van der Waals surface area contributed by atoms with Crippen molar-refractivity contribution < 1.29 is 4.79 Å². The van der Waals surface area contributed by atoms with E-state index >= 15 is 0 Å². The highest BCUT2D eigenvalue weighted by atomic mass is 127. The fourth-order valence-corrected chi connectivity index (χ4v) is 3.89. The third kappa shape index (κ3) is 3.17. The van der Waals surface area contributed by atoms with Gasteiger partial charge in [0.05, 0.1) is 0 Å². The molecule has 0 spiro atoms. The maximum absolute atomic E-state index is 12.6. The van der Waals surface area contributed by atoms with E-state index in [4.69, 9.17) is 0 Å². The number of hydrogen-bond donors (Lipinski definition) is 0. The first-order valence-corrected chi connectivity index (χ1v) is 8.61. The molecule has 1 amide bonds. The summed E-state index contributed by atoms with van der Waals surface area (Å²) < 4.78 is 1.13. The molecule has 20 heavy (non-hydrogen) atoms. The van der Waals surface area contributed by atoms with Gasteiger partial charge in [0.15, 0.2) is 0 Å². The standard InChI is InChI=1S/C16H21IN2O/c17-14-6-3-5-13(11-14)16(20)19-10-4-7-15(12-19)18-8-1-2-9-18/h3,5-6,11,15H,1-2,4,7-10,12H2. The Morgan fingerprint density at radius 3 is 2.70 bits per heavy atom. The molecule has 3 rings (SSSR count). The zero-order valence-electron chi connectivity index (χ0n) is 11.7. The topological polar surface area (TPSA) is 23.6 Å². The van der Waals surface area contributed by atoms with Crippen LogP contribution < -0.4 is 0 Å². The Kier molecular flexibility index (Phi) is 4.61. The fraction of sp³-hybridized carbons (Fsp3) is 0.562. The van der Waals surface area contributed by atoms with Gasteiger partial charge in [-0.3, -0.25) is 9.69 Å². The summed E-state index contributed by atoms with van der Waals surface area (Å²) in [6.07, 6.45) is 5.02. The number of nitrogens with zero attached hydrogens (tertiary/aromatic N) is 2. The molecule has 1 aromatic rings. The van der Waals surface area contributed by atoms with Gasteiger partial charge in [-0.25, -0.2) is 0 Å². The summed E-state index contributed by atoms with van der Waals surface area (Å²) in [6, 6.07) is 8.50. The number of likely N-dealkylation sites (tertiary alicyclic amines) is 2. The molecule has 4 heteroatoms. The summed E-state index contributed by atoms with van der Waals surface area (Å²) in [5.41, 5.74) is 0.832.